The molecule has 1 heterocycles. The molecule has 1 unspecified atom stereocenters. The number of rotatable bonds is 2. The number of aldehydes is 1. The topological polar surface area (TPSA) is 127 Å². The molecule has 1 spiro atoms. The zero-order valence-corrected chi connectivity index (χ0v) is 20.8. The normalized spacial score (nSPS) is 37.9. The van der Waals surface area contributed by atoms with Crippen molar-refractivity contribution in [2.45, 2.75) is 71.2 Å². The minimum Gasteiger partial charge on any atom is -0.545 e. The van der Waals surface area contributed by atoms with Gasteiger partial charge in [-0.2, -0.15) is 0 Å². The SMILES string of the molecule is C[C@@H]1CCC2C(C)(C)[C@H](O)[C@H](O)C[C@]2(C)[C@@]12Cc1c(O)cc(C=O)c(C(=O)[O-])c1O2.[Na+]. The molecule has 1 aromatic carbocycles. The van der Waals surface area contributed by atoms with Gasteiger partial charge in [-0.05, 0) is 42.6 Å². The fraction of sp³-hybridized carbons (Fsp3) is 0.652. The number of fused-ring (bicyclic) bond motifs is 3. The molecule has 0 radical (unpaired) electrons. The van der Waals surface area contributed by atoms with E-state index in [0.29, 0.717) is 18.3 Å². The molecule has 3 aliphatic rings. The number of hydrogen-bond donors (Lipinski definition) is 3. The minimum absolute atomic E-state index is 0. The largest absolute Gasteiger partial charge is 1.00 e. The number of benzene rings is 1. The average Bonchev–Trinajstić information content (AvgIpc) is 3.07. The summed E-state index contributed by atoms with van der Waals surface area (Å²) in [5.74, 6) is -1.71. The molecule has 6 atom stereocenters. The molecule has 31 heavy (non-hydrogen) atoms. The Kier molecular flexibility index (Phi) is 6.12. The summed E-state index contributed by atoms with van der Waals surface area (Å²) in [6.45, 7) is 7.97. The van der Waals surface area contributed by atoms with E-state index in [4.69, 9.17) is 4.74 Å². The monoisotopic (exact) mass is 440 g/mol. The van der Waals surface area contributed by atoms with Crippen LogP contribution in [-0.2, 0) is 6.42 Å². The Labute approximate surface area is 204 Å². The van der Waals surface area contributed by atoms with E-state index in [1.807, 2.05) is 27.7 Å². The number of aliphatic hydroxyl groups is 2. The number of carbonyl (C=O) groups is 2. The van der Waals surface area contributed by atoms with E-state index >= 15 is 0 Å². The molecule has 0 saturated heterocycles. The molecule has 164 valence electrons. The molecule has 2 fully saturated rings. The zero-order chi connectivity index (χ0) is 22.2. The van der Waals surface area contributed by atoms with Crippen LogP contribution in [0.25, 0.3) is 0 Å². The summed E-state index contributed by atoms with van der Waals surface area (Å²) in [6.07, 6.45) is 0.743. The molecule has 0 aromatic heterocycles. The number of phenolic OH excluding ortho intramolecular Hbond substituents is 1. The summed E-state index contributed by atoms with van der Waals surface area (Å²) in [5, 5.41) is 43.9. The Morgan fingerprint density at radius 3 is 2.48 bits per heavy atom. The van der Waals surface area contributed by atoms with Crippen LogP contribution in [0.5, 0.6) is 11.5 Å². The van der Waals surface area contributed by atoms with E-state index in [1.54, 1.807) is 0 Å². The Bertz CT molecular complexity index is 929. The van der Waals surface area contributed by atoms with Crippen LogP contribution in [0.15, 0.2) is 6.07 Å². The quantitative estimate of drug-likeness (QED) is 0.375. The van der Waals surface area contributed by atoms with Gasteiger partial charge in [-0.25, -0.2) is 0 Å². The van der Waals surface area contributed by atoms with Crippen LogP contribution in [0.3, 0.4) is 0 Å². The van der Waals surface area contributed by atoms with Crippen LogP contribution in [0.2, 0.25) is 0 Å². The number of hydrogen-bond acceptors (Lipinski definition) is 7. The number of phenols is 1. The standard InChI is InChI=1S/C23H30O7.Na/c1-11-5-6-16-21(2,3)19(27)15(26)9-22(16,4)23(11)8-13-14(25)7-12(10-24)17(20(28)29)18(13)30-23;/h7,10-11,15-16,19,25-27H,5-6,8-9H2,1-4H3,(H,28,29);/q;+1/p-1/t11-,15-,16?,19-,22+,23-;/m1./s1. The van der Waals surface area contributed by atoms with Gasteiger partial charge >= 0.3 is 29.6 Å². The summed E-state index contributed by atoms with van der Waals surface area (Å²) >= 11 is 0. The van der Waals surface area contributed by atoms with Crippen LogP contribution >= 0.6 is 0 Å². The fourth-order valence-corrected chi connectivity index (χ4v) is 6.95. The second-order valence-electron chi connectivity index (χ2n) is 10.2. The van der Waals surface area contributed by atoms with Crippen LogP contribution in [0, 0.1) is 22.7 Å². The van der Waals surface area contributed by atoms with Gasteiger partial charge in [0.2, 0.25) is 0 Å². The molecule has 1 aliphatic heterocycles. The van der Waals surface area contributed by atoms with Crippen molar-refractivity contribution in [1.82, 2.24) is 0 Å². The average molecular weight is 440 g/mol. The molecular formula is C23H29NaO7. The fourth-order valence-electron chi connectivity index (χ4n) is 6.95. The Balaban J connectivity index is 0.00000272. The van der Waals surface area contributed by atoms with Gasteiger partial charge in [0.15, 0.2) is 6.29 Å². The van der Waals surface area contributed by atoms with Crippen molar-refractivity contribution in [3.05, 3.63) is 22.8 Å². The molecule has 2 saturated carbocycles. The Morgan fingerprint density at radius 2 is 1.90 bits per heavy atom. The molecule has 1 aromatic rings. The first-order valence-electron chi connectivity index (χ1n) is 10.5. The zero-order valence-electron chi connectivity index (χ0n) is 18.8. The van der Waals surface area contributed by atoms with Crippen molar-refractivity contribution in [2.24, 2.45) is 22.7 Å². The third kappa shape index (κ3) is 3.11. The molecule has 8 heteroatoms. The summed E-state index contributed by atoms with van der Waals surface area (Å²) in [4.78, 5) is 23.3. The van der Waals surface area contributed by atoms with Gasteiger partial charge < -0.3 is 30.0 Å². The number of aromatic carboxylic acids is 1. The molecule has 4 rings (SSSR count). The van der Waals surface area contributed by atoms with E-state index in [1.165, 1.54) is 0 Å². The first kappa shape index (κ1) is 24.5. The van der Waals surface area contributed by atoms with Crippen molar-refractivity contribution >= 4 is 12.3 Å². The Hall–Kier alpha value is -1.12. The molecule has 0 bridgehead atoms. The first-order valence-corrected chi connectivity index (χ1v) is 10.5. The van der Waals surface area contributed by atoms with Gasteiger partial charge in [0.25, 0.3) is 0 Å². The first-order chi connectivity index (χ1) is 13.9. The van der Waals surface area contributed by atoms with E-state index in [2.05, 4.69) is 0 Å². The summed E-state index contributed by atoms with van der Waals surface area (Å²) < 4.78 is 6.48. The number of carboxylic acid groups (broad SMARTS) is 1. The Morgan fingerprint density at radius 1 is 1.26 bits per heavy atom. The van der Waals surface area contributed by atoms with Crippen molar-refractivity contribution < 1.29 is 64.3 Å². The van der Waals surface area contributed by atoms with Crippen molar-refractivity contribution in [1.29, 1.82) is 0 Å². The van der Waals surface area contributed by atoms with Crippen LogP contribution in [-0.4, -0.2) is 45.4 Å². The van der Waals surface area contributed by atoms with Crippen molar-refractivity contribution in [2.75, 3.05) is 0 Å². The predicted molar refractivity (Wildman–Crippen MR) is 105 cm³/mol. The third-order valence-corrected chi connectivity index (χ3v) is 8.52. The van der Waals surface area contributed by atoms with Crippen LogP contribution < -0.4 is 39.4 Å². The van der Waals surface area contributed by atoms with E-state index < -0.39 is 34.6 Å². The predicted octanol–water partition coefficient (Wildman–Crippen LogP) is -1.55. The molecule has 2 aliphatic carbocycles. The van der Waals surface area contributed by atoms with Crippen LogP contribution in [0.1, 0.15) is 73.2 Å². The van der Waals surface area contributed by atoms with Gasteiger partial charge in [0.1, 0.15) is 17.1 Å². The minimum atomic E-state index is -1.53. The van der Waals surface area contributed by atoms with Crippen LogP contribution in [0.4, 0.5) is 0 Å². The maximum atomic E-state index is 11.9. The van der Waals surface area contributed by atoms with E-state index in [0.717, 1.165) is 18.9 Å². The van der Waals surface area contributed by atoms with Gasteiger partial charge in [0, 0.05) is 23.0 Å². The number of carboxylic acids is 1. The summed E-state index contributed by atoms with van der Waals surface area (Å²) in [5.41, 5.74) is -2.24. The van der Waals surface area contributed by atoms with Crippen molar-refractivity contribution in [3.63, 3.8) is 0 Å². The van der Waals surface area contributed by atoms with E-state index in [-0.39, 0.29) is 70.4 Å². The van der Waals surface area contributed by atoms with Crippen molar-refractivity contribution in [3.8, 4) is 11.5 Å². The maximum Gasteiger partial charge on any atom is 1.00 e. The third-order valence-electron chi connectivity index (χ3n) is 8.52. The number of aliphatic hydroxyl groups excluding tert-OH is 2. The summed E-state index contributed by atoms with van der Waals surface area (Å²) in [7, 11) is 0. The molecule has 7 nitrogen and oxygen atoms in total. The maximum absolute atomic E-state index is 11.9. The molecule has 3 N–H and O–H groups in total. The number of aromatic hydroxyl groups is 1. The van der Waals surface area contributed by atoms with Gasteiger partial charge in [-0.3, -0.25) is 4.79 Å². The van der Waals surface area contributed by atoms with Gasteiger partial charge in [-0.15, -0.1) is 0 Å². The van der Waals surface area contributed by atoms with E-state index in [9.17, 15) is 30.0 Å². The van der Waals surface area contributed by atoms with Gasteiger partial charge in [0.05, 0.1) is 23.7 Å². The second-order valence-corrected chi connectivity index (χ2v) is 10.2. The number of carbonyl (C=O) groups excluding carboxylic acids is 2. The number of ether oxygens (including phenoxy) is 1. The second kappa shape index (κ2) is 7.73. The smallest absolute Gasteiger partial charge is 0.545 e. The molecular weight excluding hydrogens is 411 g/mol. The summed E-state index contributed by atoms with van der Waals surface area (Å²) in [6, 6.07) is 1.15. The molecule has 0 amide bonds. The van der Waals surface area contributed by atoms with Gasteiger partial charge in [-0.1, -0.05) is 27.7 Å².